The third-order valence-electron chi connectivity index (χ3n) is 4.61. The molecule has 0 saturated carbocycles. The Labute approximate surface area is 149 Å². The molecule has 1 amide bonds. The summed E-state index contributed by atoms with van der Waals surface area (Å²) in [5.41, 5.74) is 1.78. The molecule has 0 N–H and O–H groups in total. The summed E-state index contributed by atoms with van der Waals surface area (Å²) in [5, 5.41) is 7.54. The molecule has 2 aromatic carbocycles. The van der Waals surface area contributed by atoms with Crippen LogP contribution in [-0.4, -0.2) is 40.8 Å². The van der Waals surface area contributed by atoms with Crippen LogP contribution in [-0.2, 0) is 0 Å². The number of piperidine rings is 1. The van der Waals surface area contributed by atoms with Crippen molar-refractivity contribution < 1.29 is 18.6 Å². The van der Waals surface area contributed by atoms with Crippen LogP contribution >= 0.6 is 0 Å². The number of amides is 1. The molecule has 3 aromatic rings. The SMILES string of the molecule is O=C(c1ccc2nonc2c1)N1CCC[C@H](COc2ccc(F)cc2)C1. The fourth-order valence-corrected chi connectivity index (χ4v) is 3.23. The van der Waals surface area contributed by atoms with Gasteiger partial charge in [0.05, 0.1) is 6.61 Å². The summed E-state index contributed by atoms with van der Waals surface area (Å²) in [5.74, 6) is 0.571. The average molecular weight is 355 g/mol. The van der Waals surface area contributed by atoms with Crippen molar-refractivity contribution in [2.75, 3.05) is 19.7 Å². The van der Waals surface area contributed by atoms with Gasteiger partial charge in [-0.25, -0.2) is 9.02 Å². The largest absolute Gasteiger partial charge is 0.493 e. The van der Waals surface area contributed by atoms with Gasteiger partial charge in [-0.05, 0) is 65.6 Å². The zero-order valence-electron chi connectivity index (χ0n) is 14.1. The van der Waals surface area contributed by atoms with Crippen molar-refractivity contribution in [3.05, 3.63) is 53.8 Å². The highest BCUT2D eigenvalue weighted by molar-refractivity contribution is 5.97. The van der Waals surface area contributed by atoms with Gasteiger partial charge in [-0.1, -0.05) is 0 Å². The van der Waals surface area contributed by atoms with Crippen molar-refractivity contribution in [2.45, 2.75) is 12.8 Å². The van der Waals surface area contributed by atoms with E-state index in [0.29, 0.717) is 35.5 Å². The molecule has 7 heteroatoms. The lowest BCUT2D eigenvalue weighted by Gasteiger charge is -2.32. The van der Waals surface area contributed by atoms with E-state index in [1.54, 1.807) is 30.3 Å². The first-order valence-corrected chi connectivity index (χ1v) is 8.59. The summed E-state index contributed by atoms with van der Waals surface area (Å²) in [4.78, 5) is 14.6. The van der Waals surface area contributed by atoms with Gasteiger partial charge in [-0.3, -0.25) is 4.79 Å². The van der Waals surface area contributed by atoms with Crippen LogP contribution < -0.4 is 4.74 Å². The van der Waals surface area contributed by atoms with E-state index in [1.165, 1.54) is 12.1 Å². The molecule has 0 spiro atoms. The molecule has 1 aromatic heterocycles. The average Bonchev–Trinajstić information content (AvgIpc) is 3.15. The Balaban J connectivity index is 1.39. The maximum absolute atomic E-state index is 12.9. The Hall–Kier alpha value is -2.96. The van der Waals surface area contributed by atoms with E-state index in [9.17, 15) is 9.18 Å². The summed E-state index contributed by atoms with van der Waals surface area (Å²) in [6.07, 6.45) is 1.92. The zero-order chi connectivity index (χ0) is 17.9. The summed E-state index contributed by atoms with van der Waals surface area (Å²) in [6, 6.07) is 11.2. The Bertz CT molecular complexity index is 910. The molecule has 6 nitrogen and oxygen atoms in total. The normalized spacial score (nSPS) is 17.4. The molecule has 134 valence electrons. The Kier molecular flexibility index (Phi) is 4.51. The van der Waals surface area contributed by atoms with Crippen molar-refractivity contribution in [3.8, 4) is 5.75 Å². The van der Waals surface area contributed by atoms with Gasteiger partial charge in [0.15, 0.2) is 0 Å². The fourth-order valence-electron chi connectivity index (χ4n) is 3.23. The Morgan fingerprint density at radius 1 is 1.19 bits per heavy atom. The number of aromatic nitrogens is 2. The molecule has 0 radical (unpaired) electrons. The van der Waals surface area contributed by atoms with Crippen LogP contribution in [0.2, 0.25) is 0 Å². The van der Waals surface area contributed by atoms with Crippen LogP contribution in [0.25, 0.3) is 11.0 Å². The number of halogens is 1. The number of carbonyl (C=O) groups excluding carboxylic acids is 1. The van der Waals surface area contributed by atoms with Gasteiger partial charge in [0.2, 0.25) is 0 Å². The van der Waals surface area contributed by atoms with Gasteiger partial charge >= 0.3 is 0 Å². The van der Waals surface area contributed by atoms with E-state index in [1.807, 2.05) is 4.90 Å². The molecule has 1 atom stereocenters. The predicted octanol–water partition coefficient (Wildman–Crippen LogP) is 3.29. The third kappa shape index (κ3) is 3.51. The molecule has 0 bridgehead atoms. The molecule has 4 rings (SSSR count). The number of nitrogens with zero attached hydrogens (tertiary/aromatic N) is 3. The Morgan fingerprint density at radius 3 is 2.85 bits per heavy atom. The molecule has 1 aliphatic heterocycles. The van der Waals surface area contributed by atoms with Gasteiger partial charge in [-0.2, -0.15) is 0 Å². The minimum Gasteiger partial charge on any atom is -0.493 e. The van der Waals surface area contributed by atoms with Crippen LogP contribution in [0.1, 0.15) is 23.2 Å². The van der Waals surface area contributed by atoms with Gasteiger partial charge < -0.3 is 9.64 Å². The van der Waals surface area contributed by atoms with Crippen molar-refractivity contribution in [1.29, 1.82) is 0 Å². The summed E-state index contributed by atoms with van der Waals surface area (Å²) >= 11 is 0. The van der Waals surface area contributed by atoms with Crippen molar-refractivity contribution in [2.24, 2.45) is 5.92 Å². The quantitative estimate of drug-likeness (QED) is 0.718. The maximum Gasteiger partial charge on any atom is 0.253 e. The minimum absolute atomic E-state index is 0.0265. The second-order valence-electron chi connectivity index (χ2n) is 6.49. The lowest BCUT2D eigenvalue weighted by atomic mass is 9.98. The first-order valence-electron chi connectivity index (χ1n) is 8.59. The van der Waals surface area contributed by atoms with E-state index < -0.39 is 0 Å². The third-order valence-corrected chi connectivity index (χ3v) is 4.61. The molecule has 1 fully saturated rings. The second kappa shape index (κ2) is 7.11. The van der Waals surface area contributed by atoms with Gasteiger partial charge in [0.25, 0.3) is 5.91 Å². The first-order chi connectivity index (χ1) is 12.7. The number of benzene rings is 2. The van der Waals surface area contributed by atoms with Crippen molar-refractivity contribution in [1.82, 2.24) is 15.2 Å². The van der Waals surface area contributed by atoms with Crippen molar-refractivity contribution in [3.63, 3.8) is 0 Å². The first kappa shape index (κ1) is 16.5. The molecule has 0 aliphatic carbocycles. The summed E-state index contributed by atoms with van der Waals surface area (Å²) in [6.45, 7) is 1.86. The van der Waals surface area contributed by atoms with Crippen LogP contribution in [0.5, 0.6) is 5.75 Å². The molecule has 0 unspecified atom stereocenters. The Morgan fingerprint density at radius 2 is 2.00 bits per heavy atom. The standard InChI is InChI=1S/C19H18FN3O3/c20-15-4-6-16(7-5-15)25-12-13-2-1-9-23(11-13)19(24)14-3-8-17-18(10-14)22-26-21-17/h3-8,10,13H,1-2,9,11-12H2/t13-/m0/s1. The minimum atomic E-state index is -0.286. The molecular formula is C19H18FN3O3. The van der Waals surface area contributed by atoms with Crippen LogP contribution in [0.4, 0.5) is 4.39 Å². The number of ether oxygens (including phenoxy) is 1. The number of hydrogen-bond acceptors (Lipinski definition) is 5. The number of hydrogen-bond donors (Lipinski definition) is 0. The molecule has 2 heterocycles. The number of carbonyl (C=O) groups is 1. The topological polar surface area (TPSA) is 68.5 Å². The fraction of sp³-hybridized carbons (Fsp3) is 0.316. The predicted molar refractivity (Wildman–Crippen MR) is 92.3 cm³/mol. The van der Waals surface area contributed by atoms with E-state index in [2.05, 4.69) is 14.9 Å². The highest BCUT2D eigenvalue weighted by Crippen LogP contribution is 2.21. The van der Waals surface area contributed by atoms with E-state index in [0.717, 1.165) is 19.4 Å². The highest BCUT2D eigenvalue weighted by Gasteiger charge is 2.25. The highest BCUT2D eigenvalue weighted by atomic mass is 19.1. The maximum atomic E-state index is 12.9. The summed E-state index contributed by atoms with van der Waals surface area (Å²) in [7, 11) is 0. The number of rotatable bonds is 4. The van der Waals surface area contributed by atoms with Gasteiger partial charge in [-0.15, -0.1) is 0 Å². The van der Waals surface area contributed by atoms with E-state index >= 15 is 0 Å². The zero-order valence-corrected chi connectivity index (χ0v) is 14.1. The monoisotopic (exact) mass is 355 g/mol. The molecule has 1 aliphatic rings. The summed E-state index contributed by atoms with van der Waals surface area (Å²) < 4.78 is 23.4. The molecule has 26 heavy (non-hydrogen) atoms. The van der Waals surface area contributed by atoms with Crippen molar-refractivity contribution >= 4 is 16.9 Å². The van der Waals surface area contributed by atoms with Gasteiger partial charge in [0.1, 0.15) is 22.6 Å². The second-order valence-corrected chi connectivity index (χ2v) is 6.49. The van der Waals surface area contributed by atoms with Crippen LogP contribution in [0, 0.1) is 11.7 Å². The smallest absolute Gasteiger partial charge is 0.253 e. The van der Waals surface area contributed by atoms with Gasteiger partial charge in [0, 0.05) is 24.6 Å². The molecule has 1 saturated heterocycles. The van der Waals surface area contributed by atoms with E-state index in [-0.39, 0.29) is 17.6 Å². The van der Waals surface area contributed by atoms with E-state index in [4.69, 9.17) is 4.74 Å². The lowest BCUT2D eigenvalue weighted by Crippen LogP contribution is -2.41. The number of likely N-dealkylation sites (tertiary alicyclic amines) is 1. The lowest BCUT2D eigenvalue weighted by molar-refractivity contribution is 0.0633. The molecular weight excluding hydrogens is 337 g/mol. The van der Waals surface area contributed by atoms with Crippen LogP contribution in [0.3, 0.4) is 0 Å². The van der Waals surface area contributed by atoms with Crippen LogP contribution in [0.15, 0.2) is 47.1 Å². The number of fused-ring (bicyclic) bond motifs is 1.